The molecule has 0 spiro atoms. The van der Waals surface area contributed by atoms with Gasteiger partial charge in [0, 0.05) is 12.6 Å². The van der Waals surface area contributed by atoms with Crippen LogP contribution in [0, 0.1) is 0 Å². The first-order chi connectivity index (χ1) is 7.89. The molecule has 1 heterocycles. The van der Waals surface area contributed by atoms with E-state index in [2.05, 4.69) is 0 Å². The second-order valence-electron chi connectivity index (χ2n) is 4.57. The number of hydrogen-bond acceptors (Lipinski definition) is 4. The molecule has 17 heavy (non-hydrogen) atoms. The molecule has 1 rings (SSSR count). The monoisotopic (exact) mass is 262 g/mol. The second-order valence-corrected chi connectivity index (χ2v) is 6.80. The molecule has 1 saturated heterocycles. The lowest BCUT2D eigenvalue weighted by Gasteiger charge is -2.28. The van der Waals surface area contributed by atoms with Crippen LogP contribution >= 0.6 is 0 Å². The Hall–Kier alpha value is -0.620. The SMILES string of the molecule is CCN(C)CC(=O)N(CC)C1CCS(=O)(=O)C1. The summed E-state index contributed by atoms with van der Waals surface area (Å²) < 4.78 is 22.8. The minimum Gasteiger partial charge on any atom is -0.338 e. The molecule has 0 aliphatic carbocycles. The van der Waals surface area contributed by atoms with Gasteiger partial charge in [-0.2, -0.15) is 0 Å². The Morgan fingerprint density at radius 2 is 1.94 bits per heavy atom. The van der Waals surface area contributed by atoms with Crippen molar-refractivity contribution in [1.82, 2.24) is 9.80 Å². The van der Waals surface area contributed by atoms with Crippen LogP contribution in [0.1, 0.15) is 20.3 Å². The number of hydrogen-bond donors (Lipinski definition) is 0. The van der Waals surface area contributed by atoms with E-state index in [1.807, 2.05) is 25.8 Å². The van der Waals surface area contributed by atoms with Crippen LogP contribution in [0.2, 0.25) is 0 Å². The van der Waals surface area contributed by atoms with Crippen LogP contribution in [0.25, 0.3) is 0 Å². The number of carbonyl (C=O) groups is 1. The molecule has 6 heteroatoms. The molecule has 0 aromatic rings. The molecule has 0 bridgehead atoms. The predicted octanol–water partition coefficient (Wildman–Crippen LogP) is -0.0263. The zero-order valence-electron chi connectivity index (χ0n) is 10.8. The van der Waals surface area contributed by atoms with Crippen molar-refractivity contribution in [2.24, 2.45) is 0 Å². The quantitative estimate of drug-likeness (QED) is 0.698. The summed E-state index contributed by atoms with van der Waals surface area (Å²) in [6.07, 6.45) is 0.581. The van der Waals surface area contributed by atoms with E-state index < -0.39 is 9.84 Å². The van der Waals surface area contributed by atoms with Crippen LogP contribution in [0.4, 0.5) is 0 Å². The molecule has 0 saturated carbocycles. The number of likely N-dealkylation sites (N-methyl/N-ethyl adjacent to an activating group) is 2. The van der Waals surface area contributed by atoms with Gasteiger partial charge in [0.2, 0.25) is 5.91 Å². The second kappa shape index (κ2) is 5.82. The smallest absolute Gasteiger partial charge is 0.237 e. The number of carbonyl (C=O) groups excluding carboxylic acids is 1. The van der Waals surface area contributed by atoms with Crippen LogP contribution in [0.3, 0.4) is 0 Å². The molecule has 100 valence electrons. The number of rotatable bonds is 5. The highest BCUT2D eigenvalue weighted by molar-refractivity contribution is 7.91. The fourth-order valence-electron chi connectivity index (χ4n) is 2.09. The van der Waals surface area contributed by atoms with E-state index in [0.29, 0.717) is 19.5 Å². The number of amides is 1. The van der Waals surface area contributed by atoms with Gasteiger partial charge in [0.1, 0.15) is 0 Å². The van der Waals surface area contributed by atoms with E-state index >= 15 is 0 Å². The van der Waals surface area contributed by atoms with Crippen molar-refractivity contribution in [1.29, 1.82) is 0 Å². The van der Waals surface area contributed by atoms with Gasteiger partial charge in [0.25, 0.3) is 0 Å². The molecule has 1 unspecified atom stereocenters. The third-order valence-electron chi connectivity index (χ3n) is 3.26. The molecule has 1 aliphatic heterocycles. The van der Waals surface area contributed by atoms with Gasteiger partial charge in [-0.15, -0.1) is 0 Å². The number of sulfone groups is 1. The standard InChI is InChI=1S/C11H22N2O3S/c1-4-12(3)8-11(14)13(5-2)10-6-7-17(15,16)9-10/h10H,4-9H2,1-3H3. The molecule has 0 aromatic carbocycles. The van der Waals surface area contributed by atoms with E-state index in [-0.39, 0.29) is 23.5 Å². The maximum absolute atomic E-state index is 12.0. The Kier molecular flexibility index (Phi) is 4.94. The number of nitrogens with zero attached hydrogens (tertiary/aromatic N) is 2. The average Bonchev–Trinajstić information content (AvgIpc) is 2.59. The lowest BCUT2D eigenvalue weighted by molar-refractivity contribution is -0.133. The highest BCUT2D eigenvalue weighted by Gasteiger charge is 2.33. The van der Waals surface area contributed by atoms with Gasteiger partial charge in [0.05, 0.1) is 18.1 Å². The predicted molar refractivity (Wildman–Crippen MR) is 67.6 cm³/mol. The fraction of sp³-hybridized carbons (Fsp3) is 0.909. The summed E-state index contributed by atoms with van der Waals surface area (Å²) in [4.78, 5) is 15.7. The molecule has 0 radical (unpaired) electrons. The minimum atomic E-state index is -2.93. The van der Waals surface area contributed by atoms with Gasteiger partial charge in [-0.1, -0.05) is 6.92 Å². The van der Waals surface area contributed by atoms with E-state index in [1.165, 1.54) is 0 Å². The van der Waals surface area contributed by atoms with Crippen LogP contribution in [-0.2, 0) is 14.6 Å². The Morgan fingerprint density at radius 1 is 1.29 bits per heavy atom. The van der Waals surface area contributed by atoms with Crippen molar-refractivity contribution >= 4 is 15.7 Å². The lowest BCUT2D eigenvalue weighted by atomic mass is 10.2. The molecular formula is C11H22N2O3S. The van der Waals surface area contributed by atoms with Crippen molar-refractivity contribution in [2.45, 2.75) is 26.3 Å². The van der Waals surface area contributed by atoms with Crippen molar-refractivity contribution in [3.05, 3.63) is 0 Å². The third kappa shape index (κ3) is 3.96. The van der Waals surface area contributed by atoms with E-state index in [0.717, 1.165) is 6.54 Å². The maximum atomic E-state index is 12.0. The van der Waals surface area contributed by atoms with Gasteiger partial charge in [-0.3, -0.25) is 9.69 Å². The molecule has 1 fully saturated rings. The zero-order chi connectivity index (χ0) is 13.1. The largest absolute Gasteiger partial charge is 0.338 e. The summed E-state index contributed by atoms with van der Waals surface area (Å²) in [6.45, 7) is 5.64. The van der Waals surface area contributed by atoms with Crippen LogP contribution < -0.4 is 0 Å². The summed E-state index contributed by atoms with van der Waals surface area (Å²) in [6, 6.07) is -0.122. The first-order valence-electron chi connectivity index (χ1n) is 6.08. The van der Waals surface area contributed by atoms with Crippen LogP contribution in [0.5, 0.6) is 0 Å². The van der Waals surface area contributed by atoms with Gasteiger partial charge in [-0.25, -0.2) is 8.42 Å². The highest BCUT2D eigenvalue weighted by atomic mass is 32.2. The van der Waals surface area contributed by atoms with Crippen LogP contribution in [-0.4, -0.2) is 68.4 Å². The normalized spacial score (nSPS) is 22.9. The Morgan fingerprint density at radius 3 is 2.35 bits per heavy atom. The van der Waals surface area contributed by atoms with Crippen molar-refractivity contribution in [2.75, 3.05) is 38.2 Å². The fourth-order valence-corrected chi connectivity index (χ4v) is 3.82. The molecule has 1 amide bonds. The zero-order valence-corrected chi connectivity index (χ0v) is 11.7. The topological polar surface area (TPSA) is 57.7 Å². The van der Waals surface area contributed by atoms with E-state index in [9.17, 15) is 13.2 Å². The minimum absolute atomic E-state index is 0.0268. The van der Waals surface area contributed by atoms with Gasteiger partial charge >= 0.3 is 0 Å². The van der Waals surface area contributed by atoms with Gasteiger partial charge in [0.15, 0.2) is 9.84 Å². The molecule has 1 aliphatic rings. The van der Waals surface area contributed by atoms with Crippen molar-refractivity contribution < 1.29 is 13.2 Å². The van der Waals surface area contributed by atoms with Crippen molar-refractivity contribution in [3.8, 4) is 0 Å². The van der Waals surface area contributed by atoms with Crippen LogP contribution in [0.15, 0.2) is 0 Å². The Labute approximate surface area is 104 Å². The summed E-state index contributed by atoms with van der Waals surface area (Å²) >= 11 is 0. The summed E-state index contributed by atoms with van der Waals surface area (Å²) in [5, 5.41) is 0. The van der Waals surface area contributed by atoms with E-state index in [1.54, 1.807) is 4.90 Å². The summed E-state index contributed by atoms with van der Waals surface area (Å²) in [5.41, 5.74) is 0. The first kappa shape index (κ1) is 14.4. The Balaban J connectivity index is 2.63. The van der Waals surface area contributed by atoms with E-state index in [4.69, 9.17) is 0 Å². The molecule has 1 atom stereocenters. The third-order valence-corrected chi connectivity index (χ3v) is 5.01. The van der Waals surface area contributed by atoms with Crippen molar-refractivity contribution in [3.63, 3.8) is 0 Å². The van der Waals surface area contributed by atoms with Gasteiger partial charge < -0.3 is 4.90 Å². The molecule has 0 N–H and O–H groups in total. The lowest BCUT2D eigenvalue weighted by Crippen LogP contribution is -2.45. The average molecular weight is 262 g/mol. The summed E-state index contributed by atoms with van der Waals surface area (Å²) in [5.74, 6) is 0.368. The highest BCUT2D eigenvalue weighted by Crippen LogP contribution is 2.17. The van der Waals surface area contributed by atoms with Gasteiger partial charge in [-0.05, 0) is 26.9 Å². The molecular weight excluding hydrogens is 240 g/mol. The maximum Gasteiger partial charge on any atom is 0.237 e. The summed E-state index contributed by atoms with van der Waals surface area (Å²) in [7, 11) is -1.04. The first-order valence-corrected chi connectivity index (χ1v) is 7.90. The molecule has 0 aromatic heterocycles. The molecule has 5 nitrogen and oxygen atoms in total. The Bertz CT molecular complexity index is 367.